The number of fused-ring (bicyclic) bond motifs is 2. The molecule has 33 heavy (non-hydrogen) atoms. The molecule has 0 aliphatic heterocycles. The van der Waals surface area contributed by atoms with Crippen molar-refractivity contribution in [3.8, 4) is 0 Å². The summed E-state index contributed by atoms with van der Waals surface area (Å²) in [6.07, 6.45) is 36.7. The fraction of sp³-hybridized carbons (Fsp3) is 1.00. The number of hydrogen-bond donors (Lipinski definition) is 0. The second-order valence-electron chi connectivity index (χ2n) is 13.7. The molecule has 0 aromatic carbocycles. The molecular weight excluding hydrogens is 412 g/mol. The summed E-state index contributed by atoms with van der Waals surface area (Å²) < 4.78 is 0. The first-order chi connectivity index (χ1) is 16.3. The Balaban J connectivity index is 1.44. The van der Waals surface area contributed by atoms with Crippen molar-refractivity contribution in [3.05, 3.63) is 0 Å². The Morgan fingerprint density at radius 2 is 1.00 bits per heavy atom. The van der Waals surface area contributed by atoms with Crippen LogP contribution in [0.15, 0.2) is 0 Å². The van der Waals surface area contributed by atoms with Gasteiger partial charge in [-0.05, 0) is 40.3 Å². The Bertz CT molecular complexity index is 545. The highest BCUT2D eigenvalue weighted by molar-refractivity contribution is 6.84. The first kappa shape index (κ1) is 24.9. The first-order valence-electron chi connectivity index (χ1n) is 16.3. The standard InChI is InChI=1S/C32H58Si/c1-2-3-4-5-6-14-25-33(28-17-8-7-9-18-28,31-23-21-26-15-10-12-19-29(26)31)32-24-22-27-16-11-13-20-30(27)32/h26-32H,2-25H2,1H3. The van der Waals surface area contributed by atoms with Crippen LogP contribution in [0.2, 0.25) is 22.7 Å². The van der Waals surface area contributed by atoms with Gasteiger partial charge in [0.25, 0.3) is 0 Å². The van der Waals surface area contributed by atoms with Gasteiger partial charge in [-0.3, -0.25) is 0 Å². The van der Waals surface area contributed by atoms with Gasteiger partial charge in [-0.15, -0.1) is 0 Å². The van der Waals surface area contributed by atoms with Gasteiger partial charge in [-0.2, -0.15) is 0 Å². The quantitative estimate of drug-likeness (QED) is 0.220. The zero-order chi connectivity index (χ0) is 22.5. The second-order valence-corrected chi connectivity index (χ2v) is 18.8. The molecule has 6 atom stereocenters. The van der Waals surface area contributed by atoms with Crippen LogP contribution in [0.3, 0.4) is 0 Å². The van der Waals surface area contributed by atoms with Crippen molar-refractivity contribution < 1.29 is 0 Å². The van der Waals surface area contributed by atoms with Crippen LogP contribution in [-0.2, 0) is 0 Å². The van der Waals surface area contributed by atoms with E-state index in [2.05, 4.69) is 6.92 Å². The van der Waals surface area contributed by atoms with Crippen LogP contribution in [0.25, 0.3) is 0 Å². The first-order valence-corrected chi connectivity index (χ1v) is 18.8. The third kappa shape index (κ3) is 5.20. The molecule has 190 valence electrons. The summed E-state index contributed by atoms with van der Waals surface area (Å²) in [4.78, 5) is 0. The lowest BCUT2D eigenvalue weighted by atomic mass is 9.81. The van der Waals surface area contributed by atoms with Gasteiger partial charge in [0.15, 0.2) is 0 Å². The molecule has 0 nitrogen and oxygen atoms in total. The van der Waals surface area contributed by atoms with Gasteiger partial charge in [0.2, 0.25) is 0 Å². The van der Waals surface area contributed by atoms with Crippen molar-refractivity contribution in [1.29, 1.82) is 0 Å². The van der Waals surface area contributed by atoms with Gasteiger partial charge in [0, 0.05) is 0 Å². The Kier molecular flexibility index (Phi) is 9.03. The molecule has 0 aromatic rings. The highest BCUT2D eigenvalue weighted by atomic mass is 28.3. The lowest BCUT2D eigenvalue weighted by Gasteiger charge is -2.54. The van der Waals surface area contributed by atoms with E-state index in [0.29, 0.717) is 0 Å². The van der Waals surface area contributed by atoms with Gasteiger partial charge in [-0.1, -0.05) is 161 Å². The number of rotatable bonds is 10. The molecular formula is C32H58Si. The predicted octanol–water partition coefficient (Wildman–Crippen LogP) is 11.1. The molecule has 5 saturated carbocycles. The van der Waals surface area contributed by atoms with E-state index in [-0.39, 0.29) is 0 Å². The highest BCUT2D eigenvalue weighted by Gasteiger charge is 2.60. The van der Waals surface area contributed by atoms with Crippen molar-refractivity contribution >= 4 is 8.07 Å². The van der Waals surface area contributed by atoms with Crippen molar-refractivity contribution in [3.63, 3.8) is 0 Å². The second kappa shape index (κ2) is 12.0. The predicted molar refractivity (Wildman–Crippen MR) is 148 cm³/mol. The van der Waals surface area contributed by atoms with E-state index in [9.17, 15) is 0 Å². The molecule has 5 rings (SSSR count). The Morgan fingerprint density at radius 3 is 1.61 bits per heavy atom. The van der Waals surface area contributed by atoms with Crippen LogP contribution < -0.4 is 0 Å². The molecule has 0 bridgehead atoms. The minimum Gasteiger partial charge on any atom is -0.0654 e. The van der Waals surface area contributed by atoms with Crippen molar-refractivity contribution in [1.82, 2.24) is 0 Å². The minimum atomic E-state index is -1.31. The van der Waals surface area contributed by atoms with Gasteiger partial charge in [0.05, 0.1) is 8.07 Å². The SMILES string of the molecule is CCCCCCCC[Si](C1CCCCC1)(C1CCC2CCCCC21)C1CCC2CCCCC21. The maximum atomic E-state index is 2.38. The molecule has 0 saturated heterocycles. The van der Waals surface area contributed by atoms with Crippen LogP contribution in [0.1, 0.15) is 155 Å². The molecule has 0 radical (unpaired) electrons. The molecule has 0 spiro atoms. The van der Waals surface area contributed by atoms with Crippen LogP contribution >= 0.6 is 0 Å². The normalized spacial score (nSPS) is 39.2. The van der Waals surface area contributed by atoms with Crippen LogP contribution in [0, 0.1) is 23.7 Å². The molecule has 1 heteroatoms. The summed E-state index contributed by atoms with van der Waals surface area (Å²) >= 11 is 0. The van der Waals surface area contributed by atoms with E-state index in [4.69, 9.17) is 0 Å². The molecule has 0 aromatic heterocycles. The molecule has 0 N–H and O–H groups in total. The van der Waals surface area contributed by atoms with E-state index in [0.717, 1.165) is 11.8 Å². The monoisotopic (exact) mass is 470 g/mol. The molecule has 6 unspecified atom stereocenters. The number of hydrogen-bond acceptors (Lipinski definition) is 0. The van der Waals surface area contributed by atoms with Gasteiger partial charge in [0.1, 0.15) is 0 Å². The maximum Gasteiger partial charge on any atom is 0.0634 e. The van der Waals surface area contributed by atoms with Crippen molar-refractivity contribution in [2.45, 2.75) is 177 Å². The van der Waals surface area contributed by atoms with E-state index in [1.165, 1.54) is 54.1 Å². The maximum absolute atomic E-state index is 2.38. The fourth-order valence-corrected chi connectivity index (χ4v) is 20.2. The summed E-state index contributed by atoms with van der Waals surface area (Å²) in [6, 6.07) is 1.78. The average molecular weight is 471 g/mol. The smallest absolute Gasteiger partial charge is 0.0634 e. The van der Waals surface area contributed by atoms with Crippen LogP contribution in [-0.4, -0.2) is 8.07 Å². The molecule has 5 fully saturated rings. The molecule has 5 aliphatic rings. The van der Waals surface area contributed by atoms with Gasteiger partial charge in [-0.25, -0.2) is 0 Å². The van der Waals surface area contributed by atoms with E-state index >= 15 is 0 Å². The van der Waals surface area contributed by atoms with Gasteiger partial charge >= 0.3 is 0 Å². The number of unbranched alkanes of at least 4 members (excludes halogenated alkanes) is 5. The third-order valence-corrected chi connectivity index (χ3v) is 19.9. The van der Waals surface area contributed by atoms with E-state index < -0.39 is 8.07 Å². The minimum absolute atomic E-state index is 1.16. The Hall–Kier alpha value is 0.217. The third-order valence-electron chi connectivity index (χ3n) is 12.4. The highest BCUT2D eigenvalue weighted by Crippen LogP contribution is 2.67. The summed E-state index contributed by atoms with van der Waals surface area (Å²) in [7, 11) is -1.31. The topological polar surface area (TPSA) is 0 Å². The lowest BCUT2D eigenvalue weighted by molar-refractivity contribution is 0.258. The molecule has 5 aliphatic carbocycles. The molecule has 0 heterocycles. The summed E-state index contributed by atoms with van der Waals surface area (Å²) in [5.74, 6) is 4.70. The van der Waals surface area contributed by atoms with E-state index in [1.54, 1.807) is 128 Å². The summed E-state index contributed by atoms with van der Waals surface area (Å²) in [5.41, 5.74) is 3.75. The van der Waals surface area contributed by atoms with E-state index in [1.807, 2.05) is 0 Å². The van der Waals surface area contributed by atoms with Gasteiger partial charge < -0.3 is 0 Å². The average Bonchev–Trinajstić information content (AvgIpc) is 3.50. The Morgan fingerprint density at radius 1 is 0.485 bits per heavy atom. The van der Waals surface area contributed by atoms with Crippen LogP contribution in [0.5, 0.6) is 0 Å². The van der Waals surface area contributed by atoms with Crippen LogP contribution in [0.4, 0.5) is 0 Å². The fourth-order valence-electron chi connectivity index (χ4n) is 11.1. The zero-order valence-electron chi connectivity index (χ0n) is 22.5. The zero-order valence-corrected chi connectivity index (χ0v) is 23.5. The van der Waals surface area contributed by atoms with Crippen molar-refractivity contribution in [2.24, 2.45) is 23.7 Å². The lowest BCUT2D eigenvalue weighted by Crippen LogP contribution is -2.53. The summed E-state index contributed by atoms with van der Waals surface area (Å²) in [5, 5.41) is 0. The largest absolute Gasteiger partial charge is 0.0654 e. The summed E-state index contributed by atoms with van der Waals surface area (Å²) in [6.45, 7) is 2.38. The van der Waals surface area contributed by atoms with Crippen molar-refractivity contribution in [2.75, 3.05) is 0 Å². The molecule has 0 amide bonds. The Labute approximate surface area is 208 Å².